The molecule has 3 aliphatic heterocycles. The second kappa shape index (κ2) is 13.9. The lowest BCUT2D eigenvalue weighted by atomic mass is 9.99. The third kappa shape index (κ3) is 7.48. The number of H-pyrrole nitrogens is 1. The standard InChI is InChI=1S/C28H43BrF3N7O3/c1-18(35-22-15-34-36-25(40)24(22)29)17-42-23-10-13-38(26(23)41)21-8-11-37(12-9-21)27-33-14-19(28(30,31)32)16-39(27)20-6-4-2-3-5-7-20/h15,18-21,23,27,33H,2-14,16-17H2,1H3,(H2,35,36,40)/t18-,19?,23+,27?/m0/s1. The zero-order chi connectivity index (χ0) is 29.9. The number of carbonyl (C=O) groups excluding carboxylic acids is 1. The monoisotopic (exact) mass is 661 g/mol. The van der Waals surface area contributed by atoms with Crippen LogP contribution < -0.4 is 16.2 Å². The van der Waals surface area contributed by atoms with Crippen molar-refractivity contribution in [3.8, 4) is 0 Å². The Labute approximate surface area is 253 Å². The summed E-state index contributed by atoms with van der Waals surface area (Å²) in [6.45, 7) is 4.32. The van der Waals surface area contributed by atoms with Crippen molar-refractivity contribution in [3.05, 3.63) is 21.0 Å². The topological polar surface area (TPSA) is 106 Å². The molecule has 1 aromatic heterocycles. The number of nitrogens with one attached hydrogen (secondary N) is 3. The Hall–Kier alpha value is -1.74. The van der Waals surface area contributed by atoms with E-state index in [0.717, 1.165) is 64.5 Å². The molecule has 1 saturated carbocycles. The molecular weight excluding hydrogens is 619 g/mol. The summed E-state index contributed by atoms with van der Waals surface area (Å²) >= 11 is 3.25. The predicted molar refractivity (Wildman–Crippen MR) is 156 cm³/mol. The van der Waals surface area contributed by atoms with Crippen LogP contribution in [0.2, 0.25) is 0 Å². The largest absolute Gasteiger partial charge is 0.394 e. The number of rotatable bonds is 8. The maximum absolute atomic E-state index is 13.7. The molecule has 0 bridgehead atoms. The molecular formula is C28H43BrF3N7O3. The van der Waals surface area contributed by atoms with Gasteiger partial charge in [0.2, 0.25) is 0 Å². The first-order chi connectivity index (χ1) is 20.1. The first kappa shape index (κ1) is 31.7. The number of hydrogen-bond donors (Lipinski definition) is 3. The lowest BCUT2D eigenvalue weighted by Crippen LogP contribution is -2.68. The van der Waals surface area contributed by atoms with E-state index in [9.17, 15) is 22.8 Å². The molecule has 14 heteroatoms. The molecule has 1 aliphatic carbocycles. The van der Waals surface area contributed by atoms with E-state index >= 15 is 0 Å². The van der Waals surface area contributed by atoms with Gasteiger partial charge in [-0.2, -0.15) is 18.3 Å². The molecule has 10 nitrogen and oxygen atoms in total. The van der Waals surface area contributed by atoms with Crippen molar-refractivity contribution in [1.82, 2.24) is 30.2 Å². The molecule has 4 heterocycles. The van der Waals surface area contributed by atoms with Crippen LogP contribution in [0.3, 0.4) is 0 Å². The minimum Gasteiger partial charge on any atom is -0.378 e. The molecule has 0 spiro atoms. The Balaban J connectivity index is 1.12. The van der Waals surface area contributed by atoms with E-state index in [2.05, 4.69) is 46.6 Å². The number of hydrogen-bond acceptors (Lipinski definition) is 8. The lowest BCUT2D eigenvalue weighted by molar-refractivity contribution is -0.200. The number of amides is 1. The van der Waals surface area contributed by atoms with Gasteiger partial charge in [-0.15, -0.1) is 0 Å². The van der Waals surface area contributed by atoms with Crippen LogP contribution in [0.5, 0.6) is 0 Å². The summed E-state index contributed by atoms with van der Waals surface area (Å²) < 4.78 is 47.5. The average Bonchev–Trinajstić information content (AvgIpc) is 3.15. The fourth-order valence-corrected chi connectivity index (χ4v) is 7.27. The van der Waals surface area contributed by atoms with E-state index in [1.807, 2.05) is 11.8 Å². The summed E-state index contributed by atoms with van der Waals surface area (Å²) in [7, 11) is 0. The second-order valence-corrected chi connectivity index (χ2v) is 13.0. The average molecular weight is 663 g/mol. The van der Waals surface area contributed by atoms with Crippen LogP contribution in [0.4, 0.5) is 18.9 Å². The summed E-state index contributed by atoms with van der Waals surface area (Å²) in [6, 6.07) is 0.128. The molecule has 1 aromatic rings. The van der Waals surface area contributed by atoms with Crippen LogP contribution >= 0.6 is 15.9 Å². The highest BCUT2D eigenvalue weighted by Crippen LogP contribution is 2.34. The first-order valence-corrected chi connectivity index (χ1v) is 16.1. The Morgan fingerprint density at radius 2 is 1.79 bits per heavy atom. The Morgan fingerprint density at radius 3 is 2.48 bits per heavy atom. The van der Waals surface area contributed by atoms with Gasteiger partial charge < -0.3 is 15.0 Å². The van der Waals surface area contributed by atoms with Gasteiger partial charge in [0.05, 0.1) is 24.4 Å². The minimum absolute atomic E-state index is 0.00328. The molecule has 4 aliphatic rings. The van der Waals surface area contributed by atoms with Crippen molar-refractivity contribution in [3.63, 3.8) is 0 Å². The molecule has 3 N–H and O–H groups in total. The Morgan fingerprint density at radius 1 is 1.07 bits per heavy atom. The van der Waals surface area contributed by atoms with Gasteiger partial charge in [0.25, 0.3) is 11.5 Å². The number of alkyl halides is 3. The van der Waals surface area contributed by atoms with Crippen LogP contribution in [0.15, 0.2) is 15.5 Å². The van der Waals surface area contributed by atoms with Crippen molar-refractivity contribution >= 4 is 27.5 Å². The molecule has 3 saturated heterocycles. The molecule has 0 aromatic carbocycles. The number of halogens is 4. The quantitative estimate of drug-likeness (QED) is 0.364. The SMILES string of the molecule is C[C@@H](CO[C@@H]1CCN(C2CCN(C3NCC(C(F)(F)F)CN3C3CCCCCC3)CC2)C1=O)Nc1cn[nH]c(=O)c1Br. The van der Waals surface area contributed by atoms with Crippen LogP contribution in [-0.4, -0.2) is 107 Å². The zero-order valence-corrected chi connectivity index (χ0v) is 25.8. The van der Waals surface area contributed by atoms with E-state index in [-0.39, 0.29) is 49.0 Å². The molecule has 1 amide bonds. The van der Waals surface area contributed by atoms with Crippen molar-refractivity contribution in [2.45, 2.75) is 101 Å². The van der Waals surface area contributed by atoms with Crippen LogP contribution in [-0.2, 0) is 9.53 Å². The predicted octanol–water partition coefficient (Wildman–Crippen LogP) is 3.50. The number of carbonyl (C=O) groups is 1. The molecule has 236 valence electrons. The summed E-state index contributed by atoms with van der Waals surface area (Å²) in [6.07, 6.45) is 5.19. The number of likely N-dealkylation sites (tertiary alicyclic amines) is 2. The summed E-state index contributed by atoms with van der Waals surface area (Å²) in [5.74, 6) is -1.34. The van der Waals surface area contributed by atoms with Gasteiger partial charge in [0.15, 0.2) is 0 Å². The number of aromatic nitrogens is 2. The Kier molecular flexibility index (Phi) is 10.5. The normalized spacial score (nSPS) is 28.6. The number of anilines is 1. The highest BCUT2D eigenvalue weighted by Gasteiger charge is 2.47. The minimum atomic E-state index is -4.20. The Bertz CT molecular complexity index is 1110. The van der Waals surface area contributed by atoms with E-state index < -0.39 is 18.2 Å². The number of aromatic amines is 1. The molecule has 0 radical (unpaired) electrons. The van der Waals surface area contributed by atoms with Crippen LogP contribution in [0.1, 0.15) is 64.7 Å². The van der Waals surface area contributed by atoms with Gasteiger partial charge in [-0.3, -0.25) is 24.7 Å². The molecule has 5 rings (SSSR count). The van der Waals surface area contributed by atoms with E-state index in [1.165, 1.54) is 6.20 Å². The van der Waals surface area contributed by atoms with Gasteiger partial charge in [0.1, 0.15) is 16.9 Å². The van der Waals surface area contributed by atoms with Crippen LogP contribution in [0, 0.1) is 5.92 Å². The van der Waals surface area contributed by atoms with E-state index in [1.54, 1.807) is 0 Å². The zero-order valence-electron chi connectivity index (χ0n) is 24.2. The highest BCUT2D eigenvalue weighted by molar-refractivity contribution is 9.10. The van der Waals surface area contributed by atoms with Crippen LogP contribution in [0.25, 0.3) is 0 Å². The maximum atomic E-state index is 13.7. The maximum Gasteiger partial charge on any atom is 0.394 e. The second-order valence-electron chi connectivity index (χ2n) is 12.2. The third-order valence-corrected chi connectivity index (χ3v) is 10.1. The summed E-state index contributed by atoms with van der Waals surface area (Å²) in [5.41, 5.74) is 0.225. The highest BCUT2D eigenvalue weighted by atomic mass is 79.9. The number of ether oxygens (including phenoxy) is 1. The van der Waals surface area contributed by atoms with Crippen molar-refractivity contribution in [2.24, 2.45) is 5.92 Å². The van der Waals surface area contributed by atoms with E-state index in [0.29, 0.717) is 29.7 Å². The van der Waals surface area contributed by atoms with Crippen molar-refractivity contribution in [1.29, 1.82) is 0 Å². The molecule has 4 atom stereocenters. The van der Waals surface area contributed by atoms with Gasteiger partial charge in [-0.1, -0.05) is 25.7 Å². The van der Waals surface area contributed by atoms with Gasteiger partial charge in [-0.05, 0) is 48.5 Å². The van der Waals surface area contributed by atoms with Gasteiger partial charge >= 0.3 is 6.18 Å². The van der Waals surface area contributed by atoms with Gasteiger partial charge in [-0.25, -0.2) is 5.10 Å². The molecule has 4 fully saturated rings. The van der Waals surface area contributed by atoms with Crippen molar-refractivity contribution < 1.29 is 22.7 Å². The molecule has 42 heavy (non-hydrogen) atoms. The fourth-order valence-electron chi connectivity index (χ4n) is 6.97. The van der Waals surface area contributed by atoms with E-state index in [4.69, 9.17) is 4.74 Å². The van der Waals surface area contributed by atoms with Gasteiger partial charge in [0, 0.05) is 57.3 Å². The van der Waals surface area contributed by atoms with Crippen molar-refractivity contribution in [2.75, 3.05) is 44.6 Å². The summed E-state index contributed by atoms with van der Waals surface area (Å²) in [4.78, 5) is 31.3. The number of piperidine rings is 1. The lowest BCUT2D eigenvalue weighted by Gasteiger charge is -2.51. The molecule has 2 unspecified atom stereocenters. The fraction of sp³-hybridized carbons (Fsp3) is 0.821. The smallest absolute Gasteiger partial charge is 0.378 e. The summed E-state index contributed by atoms with van der Waals surface area (Å²) in [5, 5.41) is 12.6. The number of nitrogens with zero attached hydrogens (tertiary/aromatic N) is 4. The third-order valence-electron chi connectivity index (χ3n) is 9.27. The first-order valence-electron chi connectivity index (χ1n) is 15.3.